The van der Waals surface area contributed by atoms with Gasteiger partial charge in [-0.25, -0.2) is 5.43 Å². The van der Waals surface area contributed by atoms with Gasteiger partial charge < -0.3 is 14.6 Å². The highest BCUT2D eigenvalue weighted by molar-refractivity contribution is 5.94. The first kappa shape index (κ1) is 22.0. The number of phenols is 1. The fraction of sp³-hybridized carbons (Fsp3) is 0.136. The van der Waals surface area contributed by atoms with Gasteiger partial charge in [-0.2, -0.15) is 20.1 Å². The molecule has 10 nitrogen and oxygen atoms in total. The topological polar surface area (TPSA) is 139 Å². The molecule has 1 heterocycles. The number of aromatic hydroxyl groups is 1. The molecule has 3 aromatic rings. The summed E-state index contributed by atoms with van der Waals surface area (Å²) in [6, 6.07) is 13.0. The van der Waals surface area contributed by atoms with Crippen LogP contribution in [-0.4, -0.2) is 41.2 Å². The van der Waals surface area contributed by atoms with Crippen molar-refractivity contribution in [3.63, 3.8) is 0 Å². The fourth-order valence-electron chi connectivity index (χ4n) is 2.91. The number of phenolic OH excluding ortho intramolecular Hbond substituents is 1. The van der Waals surface area contributed by atoms with E-state index in [0.717, 1.165) is 4.68 Å². The van der Waals surface area contributed by atoms with E-state index in [1.807, 2.05) is 6.07 Å². The molecule has 0 bridgehead atoms. The summed E-state index contributed by atoms with van der Waals surface area (Å²) >= 11 is 0. The Morgan fingerprint density at radius 1 is 1.22 bits per heavy atom. The summed E-state index contributed by atoms with van der Waals surface area (Å²) < 4.78 is 11.2. The average Bonchev–Trinajstić information content (AvgIpc) is 2.80. The fourth-order valence-corrected chi connectivity index (χ4v) is 2.91. The van der Waals surface area contributed by atoms with Crippen LogP contribution in [0.4, 0.5) is 0 Å². The lowest BCUT2D eigenvalue weighted by molar-refractivity contribution is 0.0947. The van der Waals surface area contributed by atoms with Gasteiger partial charge in [0.15, 0.2) is 17.2 Å². The number of benzene rings is 2. The van der Waals surface area contributed by atoms with Crippen LogP contribution in [-0.2, 0) is 0 Å². The highest BCUT2D eigenvalue weighted by Crippen LogP contribution is 2.25. The standard InChI is InChI=1S/C22H19N5O5/c1-13-15(11-23)22(30)27(16-6-4-5-7-18(16)31-2)26-20(13)21(29)25-24-12-14-8-9-17(28)19(10-14)32-3/h4-10,12,28H,1-3H3,(H,25,29)/b24-12+. The number of aromatic nitrogens is 2. The molecule has 32 heavy (non-hydrogen) atoms. The van der Waals surface area contributed by atoms with Gasteiger partial charge in [0.2, 0.25) is 0 Å². The van der Waals surface area contributed by atoms with Crippen LogP contribution >= 0.6 is 0 Å². The Labute approximate surface area is 183 Å². The maximum Gasteiger partial charge on any atom is 0.292 e. The number of carbonyl (C=O) groups is 1. The zero-order chi connectivity index (χ0) is 23.3. The first-order valence-corrected chi connectivity index (χ1v) is 9.29. The number of nitrogens with one attached hydrogen (secondary N) is 1. The molecule has 1 amide bonds. The molecule has 0 aliphatic rings. The van der Waals surface area contributed by atoms with Crippen LogP contribution in [0, 0.1) is 18.3 Å². The number of rotatable bonds is 6. The molecule has 0 radical (unpaired) electrons. The highest BCUT2D eigenvalue weighted by Gasteiger charge is 2.21. The summed E-state index contributed by atoms with van der Waals surface area (Å²) in [6.07, 6.45) is 1.34. The second-order valence-corrected chi connectivity index (χ2v) is 6.48. The lowest BCUT2D eigenvalue weighted by Gasteiger charge is -2.13. The second-order valence-electron chi connectivity index (χ2n) is 6.48. The van der Waals surface area contributed by atoms with Crippen molar-refractivity contribution in [2.75, 3.05) is 14.2 Å². The number of methoxy groups -OCH3 is 2. The van der Waals surface area contributed by atoms with Crippen molar-refractivity contribution in [2.24, 2.45) is 5.10 Å². The largest absolute Gasteiger partial charge is 0.504 e. The van der Waals surface area contributed by atoms with Crippen LogP contribution < -0.4 is 20.5 Å². The van der Waals surface area contributed by atoms with E-state index in [1.165, 1.54) is 39.5 Å². The molecule has 0 unspecified atom stereocenters. The predicted molar refractivity (Wildman–Crippen MR) is 116 cm³/mol. The van der Waals surface area contributed by atoms with E-state index in [4.69, 9.17) is 9.47 Å². The number of hydrogen-bond donors (Lipinski definition) is 2. The molecule has 0 fully saturated rings. The van der Waals surface area contributed by atoms with Gasteiger partial charge in [-0.3, -0.25) is 9.59 Å². The first-order chi connectivity index (χ1) is 15.4. The summed E-state index contributed by atoms with van der Waals surface area (Å²) in [5, 5.41) is 27.2. The first-order valence-electron chi connectivity index (χ1n) is 9.29. The van der Waals surface area contributed by atoms with Crippen LogP contribution in [0.3, 0.4) is 0 Å². The van der Waals surface area contributed by atoms with Gasteiger partial charge >= 0.3 is 0 Å². The third-order valence-electron chi connectivity index (χ3n) is 4.56. The minimum atomic E-state index is -0.718. The number of carbonyl (C=O) groups excluding carboxylic acids is 1. The van der Waals surface area contributed by atoms with Gasteiger partial charge in [-0.1, -0.05) is 12.1 Å². The van der Waals surface area contributed by atoms with Crippen molar-refractivity contribution < 1.29 is 19.4 Å². The van der Waals surface area contributed by atoms with Crippen LogP contribution in [0.25, 0.3) is 5.69 Å². The molecule has 2 N–H and O–H groups in total. The SMILES string of the molecule is COc1cc(/C=N/NC(=O)c2nn(-c3ccccc3OC)c(=O)c(C#N)c2C)ccc1O. The third kappa shape index (κ3) is 4.27. The lowest BCUT2D eigenvalue weighted by atomic mass is 10.1. The normalized spacial score (nSPS) is 10.6. The smallest absolute Gasteiger partial charge is 0.292 e. The molecule has 0 aliphatic carbocycles. The van der Waals surface area contributed by atoms with Crippen LogP contribution in [0.15, 0.2) is 52.4 Å². The van der Waals surface area contributed by atoms with E-state index in [9.17, 15) is 20.0 Å². The molecule has 0 atom stereocenters. The van der Waals surface area contributed by atoms with E-state index >= 15 is 0 Å². The Morgan fingerprint density at radius 2 is 1.94 bits per heavy atom. The Hall–Kier alpha value is -4.65. The number of amides is 1. The van der Waals surface area contributed by atoms with Gasteiger partial charge in [0, 0.05) is 5.56 Å². The van der Waals surface area contributed by atoms with E-state index in [1.54, 1.807) is 30.3 Å². The Kier molecular flexibility index (Phi) is 6.50. The van der Waals surface area contributed by atoms with Crippen LogP contribution in [0.5, 0.6) is 17.2 Å². The molecule has 10 heteroatoms. The number of nitrogens with zero attached hydrogens (tertiary/aromatic N) is 4. The van der Waals surface area contributed by atoms with Crippen molar-refractivity contribution in [1.29, 1.82) is 5.26 Å². The molecular weight excluding hydrogens is 414 g/mol. The monoisotopic (exact) mass is 433 g/mol. The molecular formula is C22H19N5O5. The zero-order valence-corrected chi connectivity index (χ0v) is 17.5. The molecule has 2 aromatic carbocycles. The van der Waals surface area contributed by atoms with Gasteiger partial charge in [-0.15, -0.1) is 0 Å². The van der Waals surface area contributed by atoms with Crippen molar-refractivity contribution in [1.82, 2.24) is 15.2 Å². The quantitative estimate of drug-likeness (QED) is 0.447. The third-order valence-corrected chi connectivity index (χ3v) is 4.56. The van der Waals surface area contributed by atoms with Gasteiger partial charge in [0.1, 0.15) is 23.1 Å². The molecule has 1 aromatic heterocycles. The maximum atomic E-state index is 12.8. The number of hydrogen-bond acceptors (Lipinski definition) is 8. The van der Waals surface area contributed by atoms with Gasteiger partial charge in [-0.05, 0) is 42.8 Å². The number of ether oxygens (including phenoxy) is 2. The van der Waals surface area contributed by atoms with Gasteiger partial charge in [0.25, 0.3) is 11.5 Å². The minimum absolute atomic E-state index is 0.0314. The van der Waals surface area contributed by atoms with Crippen molar-refractivity contribution in [2.45, 2.75) is 6.92 Å². The molecule has 0 saturated carbocycles. The molecule has 0 spiro atoms. The summed E-state index contributed by atoms with van der Waals surface area (Å²) in [5.41, 5.74) is 2.25. The van der Waals surface area contributed by atoms with E-state index in [0.29, 0.717) is 11.3 Å². The molecule has 0 saturated heterocycles. The van der Waals surface area contributed by atoms with Crippen LogP contribution in [0.2, 0.25) is 0 Å². The van der Waals surface area contributed by atoms with Gasteiger partial charge in [0.05, 0.1) is 20.4 Å². The Balaban J connectivity index is 1.98. The zero-order valence-electron chi connectivity index (χ0n) is 17.5. The number of hydrazone groups is 1. The van der Waals surface area contributed by atoms with Crippen LogP contribution in [0.1, 0.15) is 27.2 Å². The van der Waals surface area contributed by atoms with Crippen molar-refractivity contribution >= 4 is 12.1 Å². The van der Waals surface area contributed by atoms with E-state index in [-0.39, 0.29) is 34.0 Å². The Bertz CT molecular complexity index is 1310. The summed E-state index contributed by atoms with van der Waals surface area (Å²) in [7, 11) is 2.85. The Morgan fingerprint density at radius 3 is 2.62 bits per heavy atom. The number of para-hydroxylation sites is 2. The predicted octanol–water partition coefficient (Wildman–Crippen LogP) is 1.90. The molecule has 3 rings (SSSR count). The summed E-state index contributed by atoms with van der Waals surface area (Å²) in [4.78, 5) is 25.5. The van der Waals surface area contributed by atoms with Crippen molar-refractivity contribution in [3.05, 3.63) is 75.2 Å². The molecule has 0 aliphatic heterocycles. The molecule has 162 valence electrons. The summed E-state index contributed by atoms with van der Waals surface area (Å²) in [5.74, 6) is -0.151. The second kappa shape index (κ2) is 9.44. The number of nitriles is 1. The highest BCUT2D eigenvalue weighted by atomic mass is 16.5. The van der Waals surface area contributed by atoms with E-state index in [2.05, 4.69) is 15.6 Å². The minimum Gasteiger partial charge on any atom is -0.504 e. The van der Waals surface area contributed by atoms with Crippen molar-refractivity contribution in [3.8, 4) is 29.0 Å². The maximum absolute atomic E-state index is 12.8. The lowest BCUT2D eigenvalue weighted by Crippen LogP contribution is -2.31. The van der Waals surface area contributed by atoms with E-state index < -0.39 is 11.5 Å². The average molecular weight is 433 g/mol. The summed E-state index contributed by atoms with van der Waals surface area (Å²) in [6.45, 7) is 1.46.